The minimum absolute atomic E-state index is 0.0581. The van der Waals surface area contributed by atoms with Gasteiger partial charge in [0.05, 0.1) is 18.8 Å². The van der Waals surface area contributed by atoms with Crippen molar-refractivity contribution in [3.05, 3.63) is 59.8 Å². The molecule has 1 saturated carbocycles. The second kappa shape index (κ2) is 8.96. The number of morpholine rings is 1. The van der Waals surface area contributed by atoms with Gasteiger partial charge in [0.15, 0.2) is 5.79 Å². The quantitative estimate of drug-likeness (QED) is 0.587. The molecule has 3 amide bonds. The number of ether oxygens (including phenoxy) is 1. The van der Waals surface area contributed by atoms with Gasteiger partial charge < -0.3 is 21.1 Å². The van der Waals surface area contributed by atoms with Crippen LogP contribution in [0.15, 0.2) is 54.3 Å². The fourth-order valence-electron chi connectivity index (χ4n) is 6.28. The summed E-state index contributed by atoms with van der Waals surface area (Å²) in [4.78, 5) is 32.0. The lowest BCUT2D eigenvalue weighted by Crippen LogP contribution is -2.70. The lowest BCUT2D eigenvalue weighted by Gasteiger charge is -2.51. The molecule has 9 nitrogen and oxygen atoms in total. The predicted octanol–water partition coefficient (Wildman–Crippen LogP) is 1.30. The van der Waals surface area contributed by atoms with E-state index in [1.807, 2.05) is 4.90 Å². The van der Waals surface area contributed by atoms with Crippen molar-refractivity contribution in [1.82, 2.24) is 25.3 Å². The van der Waals surface area contributed by atoms with E-state index in [9.17, 15) is 9.59 Å². The van der Waals surface area contributed by atoms with Gasteiger partial charge in [-0.05, 0) is 57.5 Å². The molecule has 1 atom stereocenters. The molecule has 1 aliphatic carbocycles. The molecule has 2 saturated heterocycles. The highest BCUT2D eigenvalue weighted by atomic mass is 16.5. The van der Waals surface area contributed by atoms with Crippen molar-refractivity contribution in [3.8, 4) is 0 Å². The lowest BCUT2D eigenvalue weighted by molar-refractivity contribution is -0.114. The van der Waals surface area contributed by atoms with Crippen LogP contribution in [0.2, 0.25) is 0 Å². The number of benzene rings is 1. The van der Waals surface area contributed by atoms with Crippen molar-refractivity contribution >= 4 is 11.9 Å². The Morgan fingerprint density at radius 2 is 1.77 bits per heavy atom. The summed E-state index contributed by atoms with van der Waals surface area (Å²) in [7, 11) is 4.29. The van der Waals surface area contributed by atoms with E-state index in [-0.39, 0.29) is 17.1 Å². The van der Waals surface area contributed by atoms with Gasteiger partial charge in [0, 0.05) is 36.9 Å². The van der Waals surface area contributed by atoms with E-state index < -0.39 is 11.7 Å². The molecular weight excluding hydrogens is 444 g/mol. The van der Waals surface area contributed by atoms with Crippen molar-refractivity contribution in [1.29, 1.82) is 0 Å². The Morgan fingerprint density at radius 1 is 1.09 bits per heavy atom. The van der Waals surface area contributed by atoms with E-state index in [2.05, 4.69) is 64.9 Å². The number of hydrogen-bond donors (Lipinski definition) is 3. The Labute approximate surface area is 206 Å². The molecule has 1 unspecified atom stereocenters. The number of amides is 3. The molecule has 4 aliphatic rings. The van der Waals surface area contributed by atoms with Crippen molar-refractivity contribution in [3.63, 3.8) is 0 Å². The molecule has 5 rings (SSSR count). The molecule has 1 spiro atoms. The Balaban J connectivity index is 1.43. The highest BCUT2D eigenvalue weighted by Gasteiger charge is 2.56. The molecule has 3 fully saturated rings. The van der Waals surface area contributed by atoms with E-state index >= 15 is 0 Å². The van der Waals surface area contributed by atoms with Gasteiger partial charge in [-0.25, -0.2) is 4.79 Å². The number of urea groups is 1. The van der Waals surface area contributed by atoms with Gasteiger partial charge in [0.1, 0.15) is 0 Å². The largest absolute Gasteiger partial charge is 0.379 e. The average molecular weight is 481 g/mol. The molecule has 9 heteroatoms. The van der Waals surface area contributed by atoms with Gasteiger partial charge in [-0.3, -0.25) is 19.5 Å². The number of dihydropyridines is 1. The van der Waals surface area contributed by atoms with Crippen LogP contribution in [0.5, 0.6) is 0 Å². The summed E-state index contributed by atoms with van der Waals surface area (Å²) in [6.07, 6.45) is 8.80. The number of hydrogen-bond acceptors (Lipinski definition) is 6. The smallest absolute Gasteiger partial charge is 0.321 e. The topological polar surface area (TPSA) is 103 Å². The third-order valence-corrected chi connectivity index (χ3v) is 8.38. The molecular formula is C26H36N6O3. The number of nitrogens with zero attached hydrogens (tertiary/aromatic N) is 3. The molecule has 1 aromatic rings. The molecule has 4 N–H and O–H groups in total. The zero-order chi connectivity index (χ0) is 24.7. The Hall–Kier alpha value is -2.88. The minimum atomic E-state index is -0.966. The van der Waals surface area contributed by atoms with E-state index in [0.717, 1.165) is 25.7 Å². The summed E-state index contributed by atoms with van der Waals surface area (Å²) in [6, 6.07) is 10.5. The van der Waals surface area contributed by atoms with Crippen LogP contribution in [0.25, 0.3) is 0 Å². The van der Waals surface area contributed by atoms with Crippen LogP contribution >= 0.6 is 0 Å². The monoisotopic (exact) mass is 480 g/mol. The van der Waals surface area contributed by atoms with Crippen LogP contribution in [-0.4, -0.2) is 84.9 Å². The fourth-order valence-corrected chi connectivity index (χ4v) is 6.28. The summed E-state index contributed by atoms with van der Waals surface area (Å²) in [5, 5.41) is 6.76. The second-order valence-corrected chi connectivity index (χ2v) is 10.4. The van der Waals surface area contributed by atoms with E-state index in [1.54, 1.807) is 18.4 Å². The van der Waals surface area contributed by atoms with Gasteiger partial charge in [-0.15, -0.1) is 0 Å². The first-order chi connectivity index (χ1) is 16.8. The Bertz CT molecular complexity index is 1020. The van der Waals surface area contributed by atoms with Gasteiger partial charge >= 0.3 is 6.03 Å². The Kier molecular flexibility index (Phi) is 6.11. The van der Waals surface area contributed by atoms with E-state index in [4.69, 9.17) is 10.5 Å². The molecule has 0 bridgehead atoms. The average Bonchev–Trinajstić information content (AvgIpc) is 3.21. The number of carbonyl (C=O) groups excluding carboxylic acids is 2. The third kappa shape index (κ3) is 4.01. The van der Waals surface area contributed by atoms with Gasteiger partial charge in [0.25, 0.3) is 0 Å². The molecule has 1 aromatic carbocycles. The summed E-state index contributed by atoms with van der Waals surface area (Å²) < 4.78 is 5.57. The molecule has 3 heterocycles. The van der Waals surface area contributed by atoms with Crippen LogP contribution < -0.4 is 16.4 Å². The zero-order valence-corrected chi connectivity index (χ0v) is 20.6. The standard InChI is InChI=1S/C26H36N6O3/c1-30(2)25(21-6-4-3-5-7-21)11-9-24(10-12-25)19-32(23(34)29-24)26(31-14-16-35-17-15-31)18-20(22(27)33)8-13-28-26/h3-8,13,18,28H,9-12,14-17,19H2,1-2H3,(H2,27,33)(H,29,34). The summed E-state index contributed by atoms with van der Waals surface area (Å²) >= 11 is 0. The first-order valence-electron chi connectivity index (χ1n) is 12.4. The first-order valence-corrected chi connectivity index (χ1v) is 12.4. The molecule has 0 aromatic heterocycles. The fraction of sp³-hybridized carbons (Fsp3) is 0.538. The lowest BCUT2D eigenvalue weighted by atomic mass is 9.69. The normalized spacial score (nSPS) is 33.5. The highest BCUT2D eigenvalue weighted by Crippen LogP contribution is 2.47. The van der Waals surface area contributed by atoms with E-state index in [1.165, 1.54) is 5.56 Å². The third-order valence-electron chi connectivity index (χ3n) is 8.38. The SMILES string of the molecule is CN(C)C1(c2ccccc2)CCC2(CC1)CN(C1(N3CCOCC3)C=C(C(N)=O)C=CN1)C(=O)N2. The first kappa shape index (κ1) is 23.8. The Morgan fingerprint density at radius 3 is 2.40 bits per heavy atom. The second-order valence-electron chi connectivity index (χ2n) is 10.4. The van der Waals surface area contributed by atoms with Crippen molar-refractivity contribution in [2.75, 3.05) is 46.9 Å². The number of nitrogens with one attached hydrogen (secondary N) is 2. The van der Waals surface area contributed by atoms with Gasteiger partial charge in [-0.1, -0.05) is 30.3 Å². The molecule has 3 aliphatic heterocycles. The van der Waals surface area contributed by atoms with Crippen LogP contribution in [0, 0.1) is 0 Å². The number of nitrogens with two attached hydrogens (primary N) is 1. The predicted molar refractivity (Wildman–Crippen MR) is 133 cm³/mol. The van der Waals surface area contributed by atoms with Crippen LogP contribution in [0.4, 0.5) is 4.79 Å². The maximum atomic E-state index is 13.6. The van der Waals surface area contributed by atoms with E-state index in [0.29, 0.717) is 38.4 Å². The number of rotatable bonds is 5. The zero-order valence-electron chi connectivity index (χ0n) is 20.6. The van der Waals surface area contributed by atoms with Crippen molar-refractivity contribution in [2.45, 2.75) is 42.5 Å². The summed E-state index contributed by atoms with van der Waals surface area (Å²) in [5.74, 6) is -1.47. The minimum Gasteiger partial charge on any atom is -0.379 e. The summed E-state index contributed by atoms with van der Waals surface area (Å²) in [6.45, 7) is 2.95. The summed E-state index contributed by atoms with van der Waals surface area (Å²) in [5.41, 5.74) is 6.97. The van der Waals surface area contributed by atoms with Gasteiger partial charge in [0.2, 0.25) is 5.91 Å². The number of carbonyl (C=O) groups is 2. The molecule has 0 radical (unpaired) electrons. The highest BCUT2D eigenvalue weighted by molar-refractivity contribution is 5.95. The van der Waals surface area contributed by atoms with Gasteiger partial charge in [-0.2, -0.15) is 0 Å². The maximum absolute atomic E-state index is 13.6. The molecule has 188 valence electrons. The molecule has 35 heavy (non-hydrogen) atoms. The van der Waals surface area contributed by atoms with Crippen molar-refractivity contribution in [2.24, 2.45) is 5.73 Å². The van der Waals surface area contributed by atoms with Crippen LogP contribution in [0.3, 0.4) is 0 Å². The van der Waals surface area contributed by atoms with Crippen molar-refractivity contribution < 1.29 is 14.3 Å². The van der Waals surface area contributed by atoms with Crippen LogP contribution in [-0.2, 0) is 15.1 Å². The maximum Gasteiger partial charge on any atom is 0.321 e. The van der Waals surface area contributed by atoms with Crippen LogP contribution in [0.1, 0.15) is 31.2 Å². The number of primary amides is 1.